The number of esters is 1. The van der Waals surface area contributed by atoms with Gasteiger partial charge in [0.15, 0.2) is 0 Å². The molecule has 0 radical (unpaired) electrons. The molecule has 5 nitrogen and oxygen atoms in total. The van der Waals surface area contributed by atoms with E-state index in [-0.39, 0.29) is 13.2 Å². The molecule has 0 aliphatic carbocycles. The SMILES string of the molecule is C=C(C)C(=O)OCCNC(=O)Oc1ccc(C(C(C)C)C(C)C(C)CC)cc1. The van der Waals surface area contributed by atoms with Crippen LogP contribution in [0.25, 0.3) is 0 Å². The molecule has 28 heavy (non-hydrogen) atoms. The Balaban J connectivity index is 2.60. The number of rotatable bonds is 10. The van der Waals surface area contributed by atoms with E-state index in [1.54, 1.807) is 6.92 Å². The zero-order valence-electron chi connectivity index (χ0n) is 18.1. The lowest BCUT2D eigenvalue weighted by molar-refractivity contribution is -0.138. The van der Waals surface area contributed by atoms with E-state index in [0.717, 1.165) is 6.42 Å². The van der Waals surface area contributed by atoms with Crippen LogP contribution in [0, 0.1) is 17.8 Å². The third-order valence-electron chi connectivity index (χ3n) is 5.25. The standard InChI is InChI=1S/C23H35NO4/c1-8-17(6)18(7)21(15(2)3)19-9-11-20(12-10-19)28-23(26)24-13-14-27-22(25)16(4)5/h9-12,15,17-18,21H,4,8,13-14H2,1-3,5-7H3,(H,24,26). The number of ether oxygens (including phenoxy) is 2. The van der Waals surface area contributed by atoms with E-state index in [0.29, 0.717) is 35.0 Å². The molecule has 1 amide bonds. The van der Waals surface area contributed by atoms with Gasteiger partial charge in [0.25, 0.3) is 0 Å². The van der Waals surface area contributed by atoms with Crippen molar-refractivity contribution in [3.63, 3.8) is 0 Å². The molecule has 1 N–H and O–H groups in total. The smallest absolute Gasteiger partial charge is 0.412 e. The summed E-state index contributed by atoms with van der Waals surface area (Å²) in [7, 11) is 0. The van der Waals surface area contributed by atoms with Crippen molar-refractivity contribution in [2.45, 2.75) is 53.9 Å². The van der Waals surface area contributed by atoms with Gasteiger partial charge in [-0.25, -0.2) is 9.59 Å². The van der Waals surface area contributed by atoms with Gasteiger partial charge in [-0.3, -0.25) is 0 Å². The van der Waals surface area contributed by atoms with Gasteiger partial charge in [0.2, 0.25) is 0 Å². The molecule has 1 aromatic carbocycles. The molecule has 0 saturated heterocycles. The van der Waals surface area contributed by atoms with E-state index >= 15 is 0 Å². The van der Waals surface area contributed by atoms with E-state index in [1.807, 2.05) is 24.3 Å². The minimum Gasteiger partial charge on any atom is -0.460 e. The molecule has 156 valence electrons. The monoisotopic (exact) mass is 389 g/mol. The van der Waals surface area contributed by atoms with Gasteiger partial charge in [-0.2, -0.15) is 0 Å². The van der Waals surface area contributed by atoms with Crippen LogP contribution in [0.3, 0.4) is 0 Å². The quantitative estimate of drug-likeness (QED) is 0.334. The van der Waals surface area contributed by atoms with Gasteiger partial charge in [-0.1, -0.05) is 59.8 Å². The fourth-order valence-corrected chi connectivity index (χ4v) is 3.34. The Morgan fingerprint density at radius 3 is 2.21 bits per heavy atom. The molecular formula is C23H35NO4. The molecule has 3 unspecified atom stereocenters. The Morgan fingerprint density at radius 1 is 1.11 bits per heavy atom. The first-order valence-electron chi connectivity index (χ1n) is 10.1. The second-order valence-electron chi connectivity index (χ2n) is 7.82. The minimum absolute atomic E-state index is 0.0727. The third kappa shape index (κ3) is 7.37. The lowest BCUT2D eigenvalue weighted by Gasteiger charge is -2.32. The summed E-state index contributed by atoms with van der Waals surface area (Å²) in [6.07, 6.45) is 0.584. The summed E-state index contributed by atoms with van der Waals surface area (Å²) < 4.78 is 10.2. The average Bonchev–Trinajstić information content (AvgIpc) is 2.65. The zero-order valence-corrected chi connectivity index (χ0v) is 18.1. The van der Waals surface area contributed by atoms with Gasteiger partial charge in [0.1, 0.15) is 12.4 Å². The van der Waals surface area contributed by atoms with E-state index < -0.39 is 12.1 Å². The molecule has 0 saturated carbocycles. The topological polar surface area (TPSA) is 64.6 Å². The zero-order chi connectivity index (χ0) is 21.3. The highest BCUT2D eigenvalue weighted by atomic mass is 16.6. The molecule has 1 rings (SSSR count). The van der Waals surface area contributed by atoms with Gasteiger partial charge >= 0.3 is 12.1 Å². The molecule has 3 atom stereocenters. The first-order chi connectivity index (χ1) is 13.2. The third-order valence-corrected chi connectivity index (χ3v) is 5.25. The number of hydrogen-bond acceptors (Lipinski definition) is 4. The van der Waals surface area contributed by atoms with Crippen molar-refractivity contribution in [3.8, 4) is 5.75 Å². The summed E-state index contributed by atoms with van der Waals surface area (Å²) >= 11 is 0. The van der Waals surface area contributed by atoms with Gasteiger partial charge in [-0.05, 0) is 48.3 Å². The molecular weight excluding hydrogens is 354 g/mol. The number of carbonyl (C=O) groups is 2. The maximum Gasteiger partial charge on any atom is 0.412 e. The van der Waals surface area contributed by atoms with Crippen molar-refractivity contribution in [1.29, 1.82) is 0 Å². The fraction of sp³-hybridized carbons (Fsp3) is 0.565. The van der Waals surface area contributed by atoms with Crippen LogP contribution in [0.1, 0.15) is 59.4 Å². The van der Waals surface area contributed by atoms with E-state index in [9.17, 15) is 9.59 Å². The molecule has 0 bridgehead atoms. The predicted molar refractivity (Wildman–Crippen MR) is 112 cm³/mol. The van der Waals surface area contributed by atoms with Crippen molar-refractivity contribution in [2.24, 2.45) is 17.8 Å². The maximum atomic E-state index is 11.9. The van der Waals surface area contributed by atoms with Gasteiger partial charge in [0.05, 0.1) is 6.54 Å². The van der Waals surface area contributed by atoms with Crippen LogP contribution in [-0.2, 0) is 9.53 Å². The number of carbonyl (C=O) groups excluding carboxylic acids is 2. The highest BCUT2D eigenvalue weighted by Crippen LogP contribution is 2.37. The van der Waals surface area contributed by atoms with Crippen molar-refractivity contribution >= 4 is 12.1 Å². The van der Waals surface area contributed by atoms with Crippen LogP contribution in [0.2, 0.25) is 0 Å². The van der Waals surface area contributed by atoms with Crippen LogP contribution in [0.5, 0.6) is 5.75 Å². The molecule has 0 heterocycles. The van der Waals surface area contributed by atoms with Crippen LogP contribution in [0.4, 0.5) is 4.79 Å². The summed E-state index contributed by atoms with van der Waals surface area (Å²) in [4.78, 5) is 23.1. The second kappa shape index (κ2) is 11.5. The highest BCUT2D eigenvalue weighted by Gasteiger charge is 2.26. The molecule has 0 fully saturated rings. The van der Waals surface area contributed by atoms with Crippen molar-refractivity contribution < 1.29 is 19.1 Å². The molecule has 1 aromatic rings. The largest absolute Gasteiger partial charge is 0.460 e. The van der Waals surface area contributed by atoms with Crippen LogP contribution in [0.15, 0.2) is 36.4 Å². The molecule has 0 spiro atoms. The lowest BCUT2D eigenvalue weighted by atomic mass is 9.73. The summed E-state index contributed by atoms with van der Waals surface area (Å²) in [5.74, 6) is 2.22. The molecule has 5 heteroatoms. The normalized spacial score (nSPS) is 14.1. The number of hydrogen-bond donors (Lipinski definition) is 1. The number of benzene rings is 1. The molecule has 0 aliphatic rings. The van der Waals surface area contributed by atoms with Crippen molar-refractivity contribution in [2.75, 3.05) is 13.2 Å². The van der Waals surface area contributed by atoms with E-state index in [4.69, 9.17) is 9.47 Å². The minimum atomic E-state index is -0.576. The first kappa shape index (κ1) is 23.7. The van der Waals surface area contributed by atoms with E-state index in [2.05, 4.69) is 46.5 Å². The second-order valence-corrected chi connectivity index (χ2v) is 7.82. The van der Waals surface area contributed by atoms with Gasteiger partial charge in [0, 0.05) is 5.57 Å². The van der Waals surface area contributed by atoms with Crippen LogP contribution >= 0.6 is 0 Å². The maximum absolute atomic E-state index is 11.9. The van der Waals surface area contributed by atoms with Crippen molar-refractivity contribution in [1.82, 2.24) is 5.32 Å². The number of nitrogens with one attached hydrogen (secondary N) is 1. The Morgan fingerprint density at radius 2 is 1.71 bits per heavy atom. The van der Waals surface area contributed by atoms with Crippen molar-refractivity contribution in [3.05, 3.63) is 42.0 Å². The Bertz CT molecular complexity index is 651. The Kier molecular flexibility index (Phi) is 9.77. The van der Waals surface area contributed by atoms with Gasteiger partial charge < -0.3 is 14.8 Å². The number of amides is 1. The first-order valence-corrected chi connectivity index (χ1v) is 10.1. The van der Waals surface area contributed by atoms with Crippen LogP contribution in [-0.4, -0.2) is 25.2 Å². The lowest BCUT2D eigenvalue weighted by Crippen LogP contribution is -2.30. The summed E-state index contributed by atoms with van der Waals surface area (Å²) in [5.41, 5.74) is 1.59. The highest BCUT2D eigenvalue weighted by molar-refractivity contribution is 5.86. The van der Waals surface area contributed by atoms with Crippen LogP contribution < -0.4 is 10.1 Å². The fourth-order valence-electron chi connectivity index (χ4n) is 3.34. The predicted octanol–water partition coefficient (Wildman–Crippen LogP) is 5.32. The Hall–Kier alpha value is -2.30. The van der Waals surface area contributed by atoms with E-state index in [1.165, 1.54) is 5.56 Å². The molecule has 0 aliphatic heterocycles. The summed E-state index contributed by atoms with van der Waals surface area (Å²) in [5, 5.41) is 2.55. The van der Waals surface area contributed by atoms with Gasteiger partial charge in [-0.15, -0.1) is 0 Å². The summed E-state index contributed by atoms with van der Waals surface area (Å²) in [6, 6.07) is 7.74. The molecule has 0 aromatic heterocycles. The Labute approximate surface area is 169 Å². The summed E-state index contributed by atoms with van der Waals surface area (Å²) in [6.45, 7) is 16.7. The average molecular weight is 390 g/mol.